The van der Waals surface area contributed by atoms with Crippen molar-refractivity contribution in [2.24, 2.45) is 0 Å². The molecule has 0 atom stereocenters. The first-order valence-corrected chi connectivity index (χ1v) is 7.57. The number of amides is 1. The lowest BCUT2D eigenvalue weighted by atomic mass is 10.1. The van der Waals surface area contributed by atoms with E-state index in [9.17, 15) is 9.59 Å². The second-order valence-electron chi connectivity index (χ2n) is 5.57. The second kappa shape index (κ2) is 5.84. The highest BCUT2D eigenvalue weighted by atomic mass is 16.5. The maximum Gasteiger partial charge on any atom is 0.418 e. The van der Waals surface area contributed by atoms with Crippen LogP contribution in [0.5, 0.6) is 0 Å². The van der Waals surface area contributed by atoms with Gasteiger partial charge in [0.2, 0.25) is 0 Å². The van der Waals surface area contributed by atoms with Crippen molar-refractivity contribution in [3.63, 3.8) is 0 Å². The van der Waals surface area contributed by atoms with Gasteiger partial charge in [0.1, 0.15) is 5.82 Å². The summed E-state index contributed by atoms with van der Waals surface area (Å²) in [5, 5.41) is 2.70. The first-order valence-electron chi connectivity index (χ1n) is 7.57. The minimum absolute atomic E-state index is 0.273. The van der Waals surface area contributed by atoms with Gasteiger partial charge < -0.3 is 15.8 Å². The minimum Gasteiger partial charge on any atom is -0.449 e. The Hall–Kier alpha value is -3.09. The zero-order valence-electron chi connectivity index (χ0n) is 13.7. The normalized spacial score (nSPS) is 14.6. The van der Waals surface area contributed by atoms with Crippen molar-refractivity contribution in [1.29, 1.82) is 0 Å². The number of nitrogens with two attached hydrogens (primary N) is 1. The molecule has 0 fully saturated rings. The smallest absolute Gasteiger partial charge is 0.418 e. The summed E-state index contributed by atoms with van der Waals surface area (Å²) in [7, 11) is 0. The number of nitrogens with zero attached hydrogens (tertiary/aromatic N) is 2. The highest BCUT2D eigenvalue weighted by Crippen LogP contribution is 2.33. The molecule has 24 heavy (non-hydrogen) atoms. The molecule has 3 rings (SSSR count). The molecule has 1 aliphatic heterocycles. The van der Waals surface area contributed by atoms with Crippen molar-refractivity contribution in [2.75, 3.05) is 17.7 Å². The lowest BCUT2D eigenvalue weighted by Crippen LogP contribution is -2.16. The number of nitrogens with one attached hydrogen (secondary N) is 1. The number of fused-ring (bicyclic) bond motifs is 1. The van der Waals surface area contributed by atoms with Gasteiger partial charge in [-0.05, 0) is 44.5 Å². The predicted molar refractivity (Wildman–Crippen MR) is 91.5 cm³/mol. The first-order chi connectivity index (χ1) is 11.4. The van der Waals surface area contributed by atoms with Gasteiger partial charge >= 0.3 is 6.09 Å². The summed E-state index contributed by atoms with van der Waals surface area (Å²) in [6, 6.07) is 3.56. The molecule has 124 valence electrons. The summed E-state index contributed by atoms with van der Waals surface area (Å²) in [6.45, 7) is 5.71. The Balaban J connectivity index is 2.15. The Bertz CT molecular complexity index is 880. The molecule has 1 amide bonds. The quantitative estimate of drug-likeness (QED) is 0.826. The molecule has 0 bridgehead atoms. The number of hydrogen-bond donors (Lipinski definition) is 2. The van der Waals surface area contributed by atoms with Gasteiger partial charge in [-0.25, -0.2) is 9.78 Å². The molecule has 0 radical (unpaired) electrons. The molecular weight excluding hydrogens is 308 g/mol. The van der Waals surface area contributed by atoms with Crippen molar-refractivity contribution in [1.82, 2.24) is 9.55 Å². The standard InChI is InChI=1S/C17H18N4O3/c1-4-24-17(23)21-10(3)5-9(2)14(21)7-13-12-6-11(18)8-19-15(12)20-16(13)22/h5-8H,4,18H2,1-3H3,(H,19,20,22). The van der Waals surface area contributed by atoms with Gasteiger partial charge in [-0.3, -0.25) is 9.36 Å². The molecule has 0 unspecified atom stereocenters. The predicted octanol–water partition coefficient (Wildman–Crippen LogP) is 2.58. The molecule has 0 saturated carbocycles. The molecule has 3 N–H and O–H groups in total. The summed E-state index contributed by atoms with van der Waals surface area (Å²) in [5.41, 5.74) is 9.48. The van der Waals surface area contributed by atoms with Gasteiger partial charge in [0, 0.05) is 11.3 Å². The average Bonchev–Trinajstić information content (AvgIpc) is 2.97. The van der Waals surface area contributed by atoms with Crippen molar-refractivity contribution >= 4 is 35.2 Å². The number of aromatic nitrogens is 2. The number of rotatable bonds is 2. The van der Waals surface area contributed by atoms with Crippen molar-refractivity contribution in [3.05, 3.63) is 40.8 Å². The number of hydrogen-bond acceptors (Lipinski definition) is 5. The third-order valence-electron chi connectivity index (χ3n) is 3.83. The third-order valence-corrected chi connectivity index (χ3v) is 3.83. The second-order valence-corrected chi connectivity index (χ2v) is 5.57. The van der Waals surface area contributed by atoms with E-state index in [1.807, 2.05) is 19.9 Å². The van der Waals surface area contributed by atoms with Gasteiger partial charge in [-0.1, -0.05) is 0 Å². The molecule has 7 heteroatoms. The van der Waals surface area contributed by atoms with Gasteiger partial charge in [0.05, 0.1) is 29.8 Å². The fourth-order valence-corrected chi connectivity index (χ4v) is 2.79. The van der Waals surface area contributed by atoms with Gasteiger partial charge in [-0.2, -0.15) is 0 Å². The molecule has 2 aromatic heterocycles. The Morgan fingerprint density at radius 1 is 1.42 bits per heavy atom. The Labute approximate surface area is 139 Å². The van der Waals surface area contributed by atoms with Gasteiger partial charge in [-0.15, -0.1) is 0 Å². The van der Waals surface area contributed by atoms with Crippen LogP contribution in [0.3, 0.4) is 0 Å². The zero-order valence-corrected chi connectivity index (χ0v) is 13.7. The number of pyridine rings is 1. The lowest BCUT2D eigenvalue weighted by Gasteiger charge is -2.09. The Kier molecular flexibility index (Phi) is 3.84. The molecule has 0 aliphatic carbocycles. The van der Waals surface area contributed by atoms with E-state index in [0.29, 0.717) is 28.3 Å². The number of nitrogen functional groups attached to an aromatic ring is 1. The van der Waals surface area contributed by atoms with Crippen LogP contribution in [0.4, 0.5) is 16.3 Å². The Morgan fingerprint density at radius 2 is 2.17 bits per heavy atom. The highest BCUT2D eigenvalue weighted by molar-refractivity contribution is 6.34. The van der Waals surface area contributed by atoms with E-state index in [2.05, 4.69) is 10.3 Å². The van der Waals surface area contributed by atoms with Crippen LogP contribution in [-0.4, -0.2) is 28.2 Å². The maximum absolute atomic E-state index is 12.3. The maximum atomic E-state index is 12.3. The fourth-order valence-electron chi connectivity index (χ4n) is 2.79. The summed E-state index contributed by atoms with van der Waals surface area (Å²) >= 11 is 0. The Morgan fingerprint density at radius 3 is 2.88 bits per heavy atom. The average molecular weight is 326 g/mol. The molecule has 7 nitrogen and oxygen atoms in total. The third kappa shape index (κ3) is 2.54. The van der Waals surface area contributed by atoms with E-state index in [1.54, 1.807) is 19.1 Å². The van der Waals surface area contributed by atoms with E-state index in [0.717, 1.165) is 11.3 Å². The van der Waals surface area contributed by atoms with Crippen LogP contribution in [0, 0.1) is 13.8 Å². The van der Waals surface area contributed by atoms with Crippen LogP contribution >= 0.6 is 0 Å². The van der Waals surface area contributed by atoms with Crippen molar-refractivity contribution in [3.8, 4) is 0 Å². The molecule has 0 saturated heterocycles. The zero-order chi connectivity index (χ0) is 17.4. The first kappa shape index (κ1) is 15.8. The largest absolute Gasteiger partial charge is 0.449 e. The van der Waals surface area contributed by atoms with E-state index < -0.39 is 6.09 Å². The van der Waals surface area contributed by atoms with Crippen molar-refractivity contribution < 1.29 is 14.3 Å². The summed E-state index contributed by atoms with van der Waals surface area (Å²) in [5.74, 6) is 0.181. The van der Waals surface area contributed by atoms with Crippen LogP contribution < -0.4 is 11.1 Å². The van der Waals surface area contributed by atoms with E-state index in [4.69, 9.17) is 10.5 Å². The van der Waals surface area contributed by atoms with Crippen molar-refractivity contribution in [2.45, 2.75) is 20.8 Å². The molecular formula is C17H18N4O3. The van der Waals surface area contributed by atoms with Crippen LogP contribution in [-0.2, 0) is 9.53 Å². The monoisotopic (exact) mass is 326 g/mol. The minimum atomic E-state index is -0.473. The molecule has 1 aliphatic rings. The summed E-state index contributed by atoms with van der Waals surface area (Å²) in [6.07, 6.45) is 2.68. The summed E-state index contributed by atoms with van der Waals surface area (Å²) in [4.78, 5) is 28.6. The lowest BCUT2D eigenvalue weighted by molar-refractivity contribution is -0.110. The van der Waals surface area contributed by atoms with Gasteiger partial charge in [0.15, 0.2) is 0 Å². The number of anilines is 2. The fraction of sp³-hybridized carbons (Fsp3) is 0.235. The van der Waals surface area contributed by atoms with Crippen LogP contribution in [0.25, 0.3) is 11.6 Å². The molecule has 0 spiro atoms. The number of ether oxygens (including phenoxy) is 1. The molecule has 3 heterocycles. The van der Waals surface area contributed by atoms with Crippen LogP contribution in [0.1, 0.15) is 29.4 Å². The SMILES string of the molecule is CCOC(=O)n1c(C)cc(C)c1C=C1C(=O)Nc2ncc(N)cc21. The highest BCUT2D eigenvalue weighted by Gasteiger charge is 2.27. The van der Waals surface area contributed by atoms with Gasteiger partial charge in [0.25, 0.3) is 5.91 Å². The van der Waals surface area contributed by atoms with E-state index in [1.165, 1.54) is 10.8 Å². The molecule has 2 aromatic rings. The number of carbonyl (C=O) groups excluding carboxylic acids is 2. The van der Waals surface area contributed by atoms with Crippen LogP contribution in [0.2, 0.25) is 0 Å². The number of carbonyl (C=O) groups is 2. The topological polar surface area (TPSA) is 99.2 Å². The molecule has 0 aromatic carbocycles. The number of aryl methyl sites for hydroxylation is 2. The summed E-state index contributed by atoms with van der Waals surface area (Å²) < 4.78 is 6.56. The van der Waals surface area contributed by atoms with E-state index >= 15 is 0 Å². The van der Waals surface area contributed by atoms with E-state index in [-0.39, 0.29) is 12.5 Å². The van der Waals surface area contributed by atoms with Crippen LogP contribution in [0.15, 0.2) is 18.3 Å².